The quantitative estimate of drug-likeness (QED) is 0.670. The van der Waals surface area contributed by atoms with Crippen LogP contribution in [0, 0.1) is 0 Å². The Bertz CT molecular complexity index is 892. The maximum atomic E-state index is 12.1. The second-order valence-electron chi connectivity index (χ2n) is 5.27. The molecule has 27 heavy (non-hydrogen) atoms. The normalized spacial score (nSPS) is 11.5. The van der Waals surface area contributed by atoms with E-state index in [-0.39, 0.29) is 30.4 Å². The maximum Gasteiger partial charge on any atom is 0.523 e. The molecular weight excluding hydrogens is 369 g/mol. The molecule has 0 radical (unpaired) electrons. The number of benzene rings is 1. The molecule has 0 fully saturated rings. The molecule has 3 aromatic rings. The number of nitrogens with one attached hydrogen (secondary N) is 1. The van der Waals surface area contributed by atoms with Crippen LogP contribution < -0.4 is 5.32 Å². The summed E-state index contributed by atoms with van der Waals surface area (Å²) in [6.07, 6.45) is -4.65. The first-order valence-electron chi connectivity index (χ1n) is 7.73. The number of halogens is 3. The lowest BCUT2D eigenvalue weighted by molar-refractivity contribution is -0.332. The van der Waals surface area contributed by atoms with Crippen LogP contribution in [0.25, 0.3) is 11.3 Å². The number of aromatic nitrogens is 3. The summed E-state index contributed by atoms with van der Waals surface area (Å²) in [4.78, 5) is 12.1. The minimum Gasteiger partial charge on any atom is -0.423 e. The molecule has 0 aliphatic carbocycles. The summed E-state index contributed by atoms with van der Waals surface area (Å²) < 4.78 is 49.5. The van der Waals surface area contributed by atoms with Crippen molar-refractivity contribution in [2.24, 2.45) is 0 Å². The molecule has 11 heteroatoms. The first kappa shape index (κ1) is 18.6. The van der Waals surface area contributed by atoms with Gasteiger partial charge in [0.05, 0.1) is 0 Å². The zero-order valence-corrected chi connectivity index (χ0v) is 13.7. The van der Waals surface area contributed by atoms with Crippen molar-refractivity contribution in [3.05, 3.63) is 53.9 Å². The molecule has 0 aliphatic rings. The summed E-state index contributed by atoms with van der Waals surface area (Å²) in [5, 5.41) is 13.3. The summed E-state index contributed by atoms with van der Waals surface area (Å²) in [5.74, 6) is -0.258. The van der Waals surface area contributed by atoms with Crippen molar-refractivity contribution < 1.29 is 31.6 Å². The molecule has 2 aromatic heterocycles. The van der Waals surface area contributed by atoms with Crippen LogP contribution in [-0.2, 0) is 17.8 Å². The molecule has 0 atom stereocenters. The van der Waals surface area contributed by atoms with E-state index in [1.807, 2.05) is 30.3 Å². The van der Waals surface area contributed by atoms with Crippen LogP contribution in [0.15, 0.2) is 45.3 Å². The summed E-state index contributed by atoms with van der Waals surface area (Å²) >= 11 is 0. The number of carbonyl (C=O) groups excluding carboxylic acids is 1. The molecule has 1 amide bonds. The molecule has 0 spiro atoms. The highest BCUT2D eigenvalue weighted by Crippen LogP contribution is 2.20. The standard InChI is InChI=1S/C16H13F3N4O4/c17-16(18,19)25-9-14-22-21-13(26-14)6-7-20-15(24)11-8-12(27-23-11)10-4-2-1-3-5-10/h1-5,8H,6-7,9H2,(H,20,24). The summed E-state index contributed by atoms with van der Waals surface area (Å²) in [6.45, 7) is -0.752. The van der Waals surface area contributed by atoms with Gasteiger partial charge in [-0.15, -0.1) is 23.4 Å². The van der Waals surface area contributed by atoms with Crippen molar-refractivity contribution in [3.8, 4) is 11.3 Å². The first-order valence-corrected chi connectivity index (χ1v) is 7.73. The first-order chi connectivity index (χ1) is 12.9. The van der Waals surface area contributed by atoms with Crippen molar-refractivity contribution in [3.63, 3.8) is 0 Å². The topological polar surface area (TPSA) is 103 Å². The molecule has 142 valence electrons. The average molecular weight is 382 g/mol. The van der Waals surface area contributed by atoms with E-state index in [0.29, 0.717) is 5.76 Å². The largest absolute Gasteiger partial charge is 0.523 e. The Morgan fingerprint density at radius 3 is 2.63 bits per heavy atom. The second kappa shape index (κ2) is 7.99. The maximum absolute atomic E-state index is 12.1. The lowest BCUT2D eigenvalue weighted by atomic mass is 10.1. The van der Waals surface area contributed by atoms with Crippen LogP contribution in [0.4, 0.5) is 13.2 Å². The van der Waals surface area contributed by atoms with Crippen LogP contribution in [0.1, 0.15) is 22.3 Å². The molecule has 1 aromatic carbocycles. The predicted molar refractivity (Wildman–Crippen MR) is 83.1 cm³/mol. The van der Waals surface area contributed by atoms with Crippen LogP contribution in [0.3, 0.4) is 0 Å². The summed E-state index contributed by atoms with van der Waals surface area (Å²) in [6, 6.07) is 10.7. The second-order valence-corrected chi connectivity index (χ2v) is 5.27. The number of amides is 1. The van der Waals surface area contributed by atoms with E-state index in [1.165, 1.54) is 6.07 Å². The number of hydrogen-bond donors (Lipinski definition) is 1. The SMILES string of the molecule is O=C(NCCc1nnc(COC(F)(F)F)o1)c1cc(-c2ccccc2)on1. The van der Waals surface area contributed by atoms with Crippen molar-refractivity contribution in [1.82, 2.24) is 20.7 Å². The highest BCUT2D eigenvalue weighted by Gasteiger charge is 2.30. The van der Waals surface area contributed by atoms with E-state index in [0.717, 1.165) is 5.56 Å². The number of nitrogens with zero attached hydrogens (tertiary/aromatic N) is 3. The van der Waals surface area contributed by atoms with Gasteiger partial charge in [0, 0.05) is 24.6 Å². The molecule has 0 unspecified atom stereocenters. The Hall–Kier alpha value is -3.21. The monoisotopic (exact) mass is 382 g/mol. The summed E-state index contributed by atoms with van der Waals surface area (Å²) in [5.41, 5.74) is 0.877. The van der Waals surface area contributed by atoms with Gasteiger partial charge in [0.15, 0.2) is 11.5 Å². The number of hydrogen-bond acceptors (Lipinski definition) is 7. The predicted octanol–water partition coefficient (Wildman–Crippen LogP) is 2.73. The third-order valence-electron chi connectivity index (χ3n) is 3.29. The van der Waals surface area contributed by atoms with Gasteiger partial charge in [0.1, 0.15) is 6.61 Å². The Morgan fingerprint density at radius 2 is 1.89 bits per heavy atom. The van der Waals surface area contributed by atoms with E-state index in [4.69, 9.17) is 8.94 Å². The average Bonchev–Trinajstić information content (AvgIpc) is 3.30. The Kier molecular flexibility index (Phi) is 5.50. The van der Waals surface area contributed by atoms with Gasteiger partial charge in [-0.25, -0.2) is 0 Å². The van der Waals surface area contributed by atoms with E-state index >= 15 is 0 Å². The minimum absolute atomic E-state index is 0.0706. The van der Waals surface area contributed by atoms with E-state index < -0.39 is 18.9 Å². The fraction of sp³-hybridized carbons (Fsp3) is 0.250. The summed E-state index contributed by atoms with van der Waals surface area (Å²) in [7, 11) is 0. The molecule has 0 bridgehead atoms. The number of rotatable bonds is 7. The van der Waals surface area contributed by atoms with E-state index in [2.05, 4.69) is 25.4 Å². The lowest BCUT2D eigenvalue weighted by Crippen LogP contribution is -2.26. The van der Waals surface area contributed by atoms with Gasteiger partial charge in [-0.2, -0.15) is 0 Å². The molecule has 0 saturated carbocycles. The van der Waals surface area contributed by atoms with Gasteiger partial charge >= 0.3 is 6.36 Å². The Morgan fingerprint density at radius 1 is 1.15 bits per heavy atom. The van der Waals surface area contributed by atoms with E-state index in [9.17, 15) is 18.0 Å². The fourth-order valence-corrected chi connectivity index (χ4v) is 2.09. The van der Waals surface area contributed by atoms with Gasteiger partial charge in [-0.3, -0.25) is 9.53 Å². The van der Waals surface area contributed by atoms with Gasteiger partial charge < -0.3 is 14.3 Å². The highest BCUT2D eigenvalue weighted by atomic mass is 19.4. The van der Waals surface area contributed by atoms with Crippen LogP contribution in [-0.4, -0.2) is 34.2 Å². The Labute approximate surface area is 150 Å². The minimum atomic E-state index is -4.78. The van der Waals surface area contributed by atoms with Crippen molar-refractivity contribution in [2.75, 3.05) is 6.54 Å². The fourth-order valence-electron chi connectivity index (χ4n) is 2.09. The van der Waals surface area contributed by atoms with E-state index in [1.54, 1.807) is 0 Å². The molecular formula is C16H13F3N4O4. The molecule has 1 N–H and O–H groups in total. The van der Waals surface area contributed by atoms with Crippen molar-refractivity contribution in [2.45, 2.75) is 19.4 Å². The van der Waals surface area contributed by atoms with Crippen LogP contribution in [0.5, 0.6) is 0 Å². The molecule has 0 aliphatic heterocycles. The zero-order chi connectivity index (χ0) is 19.3. The third kappa shape index (κ3) is 5.38. The number of alkyl halides is 3. The van der Waals surface area contributed by atoms with Gasteiger partial charge in [0.2, 0.25) is 11.8 Å². The third-order valence-corrected chi connectivity index (χ3v) is 3.29. The molecule has 3 rings (SSSR count). The molecule has 8 nitrogen and oxygen atoms in total. The lowest BCUT2D eigenvalue weighted by Gasteiger charge is -2.03. The smallest absolute Gasteiger partial charge is 0.423 e. The van der Waals surface area contributed by atoms with Gasteiger partial charge in [-0.05, 0) is 0 Å². The molecule has 0 saturated heterocycles. The van der Waals surface area contributed by atoms with Crippen molar-refractivity contribution in [1.29, 1.82) is 0 Å². The van der Waals surface area contributed by atoms with Crippen LogP contribution in [0.2, 0.25) is 0 Å². The Balaban J connectivity index is 1.47. The zero-order valence-electron chi connectivity index (χ0n) is 13.7. The van der Waals surface area contributed by atoms with Crippen LogP contribution >= 0.6 is 0 Å². The highest BCUT2D eigenvalue weighted by molar-refractivity contribution is 5.93. The molecule has 2 heterocycles. The number of carbonyl (C=O) groups is 1. The van der Waals surface area contributed by atoms with Crippen molar-refractivity contribution >= 4 is 5.91 Å². The number of ether oxygens (including phenoxy) is 1. The van der Waals surface area contributed by atoms with Gasteiger partial charge in [0.25, 0.3) is 5.91 Å². The van der Waals surface area contributed by atoms with Gasteiger partial charge in [-0.1, -0.05) is 35.5 Å².